The van der Waals surface area contributed by atoms with E-state index in [4.69, 9.17) is 5.73 Å². The van der Waals surface area contributed by atoms with Gasteiger partial charge in [0.25, 0.3) is 0 Å². The molecule has 0 fully saturated rings. The topological polar surface area (TPSA) is 60.2 Å². The number of hydrogen-bond acceptors (Lipinski definition) is 3. The van der Waals surface area contributed by atoms with E-state index in [0.29, 0.717) is 0 Å². The third kappa shape index (κ3) is 2.72. The van der Waals surface area contributed by atoms with Crippen molar-refractivity contribution in [3.63, 3.8) is 0 Å². The van der Waals surface area contributed by atoms with E-state index in [1.54, 1.807) is 11.8 Å². The summed E-state index contributed by atoms with van der Waals surface area (Å²) in [4.78, 5) is 22.5. The number of fused-ring (bicyclic) bond motifs is 2. The second-order valence-corrected chi connectivity index (χ2v) is 6.01. The van der Waals surface area contributed by atoms with E-state index in [0.717, 1.165) is 28.6 Å². The molecule has 3 rings (SSSR count). The molecule has 0 radical (unpaired) electrons. The van der Waals surface area contributed by atoms with Crippen LogP contribution in [0.2, 0.25) is 0 Å². The lowest BCUT2D eigenvalue weighted by Gasteiger charge is -2.22. The minimum Gasteiger partial charge on any atom is -0.370 e. The Balaban J connectivity index is 2.10. The standard InChI is InChI=1S/C17H15NO2S/c18-17(20)7-13(8-19)16-10-21-9-14-5-11-3-1-2-4-12(11)6-15(14)16/h1-6,8,10,13H,7,9H2,(H2,18,20). The summed E-state index contributed by atoms with van der Waals surface area (Å²) in [6.45, 7) is 0. The summed E-state index contributed by atoms with van der Waals surface area (Å²) in [5.41, 5.74) is 8.42. The Morgan fingerprint density at radius 3 is 2.67 bits per heavy atom. The molecule has 2 N–H and O–H groups in total. The van der Waals surface area contributed by atoms with Gasteiger partial charge < -0.3 is 10.5 Å². The van der Waals surface area contributed by atoms with Crippen LogP contribution in [0.4, 0.5) is 0 Å². The highest BCUT2D eigenvalue weighted by Gasteiger charge is 2.23. The normalized spacial score (nSPS) is 15.1. The molecule has 1 heterocycles. The number of hydrogen-bond donors (Lipinski definition) is 1. The van der Waals surface area contributed by atoms with Crippen LogP contribution in [-0.2, 0) is 15.3 Å². The molecule has 106 valence electrons. The summed E-state index contributed by atoms with van der Waals surface area (Å²) >= 11 is 1.65. The second kappa shape index (κ2) is 5.74. The number of amides is 1. The number of rotatable bonds is 4. The molecule has 0 aliphatic carbocycles. The molecule has 0 saturated heterocycles. The SMILES string of the molecule is NC(=O)CC(C=O)C1=CSCc2cc3ccccc3cc21. The zero-order valence-electron chi connectivity index (χ0n) is 11.4. The van der Waals surface area contributed by atoms with Crippen molar-refractivity contribution in [3.05, 3.63) is 52.9 Å². The first-order valence-corrected chi connectivity index (χ1v) is 7.81. The van der Waals surface area contributed by atoms with Crippen LogP contribution in [0, 0.1) is 5.92 Å². The van der Waals surface area contributed by atoms with Gasteiger partial charge in [-0.15, -0.1) is 11.8 Å². The first-order chi connectivity index (χ1) is 10.2. The molecule has 1 amide bonds. The van der Waals surface area contributed by atoms with E-state index < -0.39 is 11.8 Å². The van der Waals surface area contributed by atoms with Gasteiger partial charge in [0.05, 0.1) is 0 Å². The van der Waals surface area contributed by atoms with Crippen LogP contribution in [0.5, 0.6) is 0 Å². The van der Waals surface area contributed by atoms with Crippen LogP contribution in [0.1, 0.15) is 17.5 Å². The average molecular weight is 297 g/mol. The summed E-state index contributed by atoms with van der Waals surface area (Å²) < 4.78 is 0. The van der Waals surface area contributed by atoms with Gasteiger partial charge in [0, 0.05) is 18.1 Å². The van der Waals surface area contributed by atoms with E-state index in [2.05, 4.69) is 24.3 Å². The number of carbonyl (C=O) groups excluding carboxylic acids is 2. The molecule has 2 aromatic carbocycles. The number of aldehydes is 1. The van der Waals surface area contributed by atoms with Gasteiger partial charge in [-0.3, -0.25) is 4.79 Å². The molecule has 1 unspecified atom stereocenters. The summed E-state index contributed by atoms with van der Waals surface area (Å²) in [6.07, 6.45) is 0.879. The lowest BCUT2D eigenvalue weighted by atomic mass is 9.88. The molecule has 1 aliphatic rings. The van der Waals surface area contributed by atoms with E-state index >= 15 is 0 Å². The first kappa shape index (κ1) is 13.9. The predicted octanol–water partition coefficient (Wildman–Crippen LogP) is 3.12. The Kier molecular flexibility index (Phi) is 3.80. The Labute approximate surface area is 127 Å². The summed E-state index contributed by atoms with van der Waals surface area (Å²) in [7, 11) is 0. The summed E-state index contributed by atoms with van der Waals surface area (Å²) in [5.74, 6) is -0.0349. The molecule has 1 atom stereocenters. The number of nitrogens with two attached hydrogens (primary N) is 1. The van der Waals surface area contributed by atoms with Crippen molar-refractivity contribution < 1.29 is 9.59 Å². The molecule has 4 heteroatoms. The Hall–Kier alpha value is -2.07. The van der Waals surface area contributed by atoms with Gasteiger partial charge in [0.2, 0.25) is 5.91 Å². The molecule has 2 aromatic rings. The molecule has 0 spiro atoms. The molecule has 0 aromatic heterocycles. The van der Waals surface area contributed by atoms with E-state index in [-0.39, 0.29) is 6.42 Å². The monoisotopic (exact) mass is 297 g/mol. The minimum absolute atomic E-state index is 0.0577. The lowest BCUT2D eigenvalue weighted by Crippen LogP contribution is -2.19. The van der Waals surface area contributed by atoms with Crippen molar-refractivity contribution >= 4 is 40.3 Å². The lowest BCUT2D eigenvalue weighted by molar-refractivity contribution is -0.121. The van der Waals surface area contributed by atoms with Crippen molar-refractivity contribution in [2.75, 3.05) is 0 Å². The smallest absolute Gasteiger partial charge is 0.218 e. The van der Waals surface area contributed by atoms with E-state index in [9.17, 15) is 9.59 Å². The fraction of sp³-hybridized carbons (Fsp3) is 0.176. The molecular weight excluding hydrogens is 282 g/mol. The van der Waals surface area contributed by atoms with Crippen LogP contribution in [-0.4, -0.2) is 12.2 Å². The van der Waals surface area contributed by atoms with Crippen molar-refractivity contribution in [2.24, 2.45) is 11.7 Å². The number of benzene rings is 2. The number of thioether (sulfide) groups is 1. The van der Waals surface area contributed by atoms with Crippen LogP contribution in [0.3, 0.4) is 0 Å². The minimum atomic E-state index is -0.463. The van der Waals surface area contributed by atoms with Crippen molar-refractivity contribution in [1.29, 1.82) is 0 Å². The molecule has 0 bridgehead atoms. The Morgan fingerprint density at radius 2 is 2.00 bits per heavy atom. The summed E-state index contributed by atoms with van der Waals surface area (Å²) in [6, 6.07) is 12.4. The molecule has 3 nitrogen and oxygen atoms in total. The predicted molar refractivity (Wildman–Crippen MR) is 86.6 cm³/mol. The molecule has 1 aliphatic heterocycles. The van der Waals surface area contributed by atoms with Crippen molar-refractivity contribution in [3.8, 4) is 0 Å². The van der Waals surface area contributed by atoms with Gasteiger partial charge >= 0.3 is 0 Å². The molecule has 21 heavy (non-hydrogen) atoms. The van der Waals surface area contributed by atoms with Crippen LogP contribution >= 0.6 is 11.8 Å². The maximum Gasteiger partial charge on any atom is 0.218 e. The average Bonchev–Trinajstić information content (AvgIpc) is 2.50. The summed E-state index contributed by atoms with van der Waals surface area (Å²) in [5, 5.41) is 4.31. The number of primary amides is 1. The van der Waals surface area contributed by atoms with Gasteiger partial charge in [0.1, 0.15) is 6.29 Å². The van der Waals surface area contributed by atoms with Crippen LogP contribution in [0.25, 0.3) is 16.3 Å². The van der Waals surface area contributed by atoms with E-state index in [1.165, 1.54) is 10.9 Å². The fourth-order valence-electron chi connectivity index (χ4n) is 2.70. The largest absolute Gasteiger partial charge is 0.370 e. The number of allylic oxidation sites excluding steroid dienone is 1. The van der Waals surface area contributed by atoms with Gasteiger partial charge in [-0.25, -0.2) is 0 Å². The van der Waals surface area contributed by atoms with E-state index in [1.807, 2.05) is 17.5 Å². The van der Waals surface area contributed by atoms with Crippen molar-refractivity contribution in [1.82, 2.24) is 0 Å². The highest BCUT2D eigenvalue weighted by atomic mass is 32.2. The Bertz CT molecular complexity index is 752. The quantitative estimate of drug-likeness (QED) is 0.882. The third-order valence-electron chi connectivity index (χ3n) is 3.72. The number of carbonyl (C=O) groups is 2. The van der Waals surface area contributed by atoms with Gasteiger partial charge in [0.15, 0.2) is 0 Å². The van der Waals surface area contributed by atoms with Crippen LogP contribution < -0.4 is 5.73 Å². The third-order valence-corrected chi connectivity index (χ3v) is 4.61. The Morgan fingerprint density at radius 1 is 1.29 bits per heavy atom. The van der Waals surface area contributed by atoms with Gasteiger partial charge in [-0.05, 0) is 45.0 Å². The molecule has 0 saturated carbocycles. The van der Waals surface area contributed by atoms with Gasteiger partial charge in [-0.1, -0.05) is 24.3 Å². The zero-order chi connectivity index (χ0) is 14.8. The zero-order valence-corrected chi connectivity index (χ0v) is 12.2. The fourth-order valence-corrected chi connectivity index (χ4v) is 3.68. The molecular formula is C17H15NO2S. The highest BCUT2D eigenvalue weighted by molar-refractivity contribution is 8.01. The maximum atomic E-state index is 11.4. The second-order valence-electron chi connectivity index (χ2n) is 5.15. The maximum absolute atomic E-state index is 11.4. The van der Waals surface area contributed by atoms with Crippen LogP contribution in [0.15, 0.2) is 41.8 Å². The first-order valence-electron chi connectivity index (χ1n) is 6.76. The van der Waals surface area contributed by atoms with Crippen molar-refractivity contribution in [2.45, 2.75) is 12.2 Å². The van der Waals surface area contributed by atoms with Gasteiger partial charge in [-0.2, -0.15) is 0 Å². The highest BCUT2D eigenvalue weighted by Crippen LogP contribution is 2.38.